The van der Waals surface area contributed by atoms with Gasteiger partial charge in [0.25, 0.3) is 0 Å². The first-order chi connectivity index (χ1) is 12.2. The summed E-state index contributed by atoms with van der Waals surface area (Å²) in [5, 5.41) is 16.0. The molecule has 0 aliphatic heterocycles. The Morgan fingerprint density at radius 1 is 0.630 bits per heavy atom. The third-order valence-electron chi connectivity index (χ3n) is 3.71. The summed E-state index contributed by atoms with van der Waals surface area (Å²) in [5.41, 5.74) is 2.51. The molecular weight excluding hydrogens is 336 g/mol. The van der Waals surface area contributed by atoms with Crippen molar-refractivity contribution in [3.05, 3.63) is 23.8 Å². The second-order valence-electron chi connectivity index (χ2n) is 8.80. The largest absolute Gasteiger partial charge is 0.249 e. The molecule has 2 rings (SSSR count). The van der Waals surface area contributed by atoms with Gasteiger partial charge in [-0.2, -0.15) is 0 Å². The first-order valence-electron chi connectivity index (χ1n) is 9.93. The highest BCUT2D eigenvalue weighted by molar-refractivity contribution is 4.95. The van der Waals surface area contributed by atoms with Crippen LogP contribution in [0.2, 0.25) is 0 Å². The molecule has 2 aromatic heterocycles. The zero-order valence-corrected chi connectivity index (χ0v) is 18.0. The maximum absolute atomic E-state index is 4.08. The summed E-state index contributed by atoms with van der Waals surface area (Å²) < 4.78 is 4.04. The molecule has 2 heterocycles. The summed E-state index contributed by atoms with van der Waals surface area (Å²) in [6.07, 6.45) is 5.89. The van der Waals surface area contributed by atoms with Gasteiger partial charge in [-0.25, -0.2) is 9.36 Å². The molecular formula is C21H42N6. The maximum atomic E-state index is 4.08. The van der Waals surface area contributed by atoms with Crippen molar-refractivity contribution >= 4 is 0 Å². The Morgan fingerprint density at radius 2 is 0.963 bits per heavy atom. The summed E-state index contributed by atoms with van der Waals surface area (Å²) in [5.74, 6) is 2.61. The molecule has 0 fully saturated rings. The van der Waals surface area contributed by atoms with E-state index in [2.05, 4.69) is 76.0 Å². The molecule has 0 aromatic carbocycles. The van der Waals surface area contributed by atoms with Crippen LogP contribution in [0.3, 0.4) is 0 Å². The number of nitrogens with zero attached hydrogens (tertiary/aromatic N) is 6. The summed E-state index contributed by atoms with van der Waals surface area (Å²) in [7, 11) is 0. The Hall–Kier alpha value is -1.72. The summed E-state index contributed by atoms with van der Waals surface area (Å²) in [6, 6.07) is 0. The zero-order chi connectivity index (χ0) is 19.7. The molecule has 0 amide bonds. The minimum absolute atomic E-state index is 0. The minimum atomic E-state index is 0. The van der Waals surface area contributed by atoms with Gasteiger partial charge < -0.3 is 0 Å². The van der Waals surface area contributed by atoms with Crippen LogP contribution in [0.4, 0.5) is 0 Å². The fourth-order valence-electron chi connectivity index (χ4n) is 2.71. The number of aromatic nitrogens is 6. The molecule has 0 saturated heterocycles. The monoisotopic (exact) mass is 378 g/mol. The van der Waals surface area contributed by atoms with Crippen LogP contribution in [0.25, 0.3) is 0 Å². The fraction of sp³-hybridized carbons (Fsp3) is 0.810. The van der Waals surface area contributed by atoms with Gasteiger partial charge in [0.2, 0.25) is 0 Å². The van der Waals surface area contributed by atoms with Crippen molar-refractivity contribution in [1.82, 2.24) is 30.0 Å². The van der Waals surface area contributed by atoms with E-state index in [1.165, 1.54) is 11.4 Å². The predicted molar refractivity (Wildman–Crippen MR) is 114 cm³/mol. The minimum Gasteiger partial charge on any atom is -0.249 e. The highest BCUT2D eigenvalue weighted by Gasteiger charge is 2.08. The molecule has 156 valence electrons. The lowest BCUT2D eigenvalue weighted by Crippen LogP contribution is -2.11. The van der Waals surface area contributed by atoms with E-state index in [-0.39, 0.29) is 7.43 Å². The second-order valence-corrected chi connectivity index (χ2v) is 8.80. The molecule has 6 heteroatoms. The molecule has 0 bridgehead atoms. The Kier molecular flexibility index (Phi) is 11.8. The molecule has 0 N–H and O–H groups in total. The molecule has 0 spiro atoms. The first-order valence-corrected chi connectivity index (χ1v) is 9.93. The van der Waals surface area contributed by atoms with Crippen molar-refractivity contribution in [1.29, 1.82) is 0 Å². The van der Waals surface area contributed by atoms with Gasteiger partial charge in [-0.05, 0) is 36.5 Å². The molecule has 27 heavy (non-hydrogen) atoms. The van der Waals surface area contributed by atoms with E-state index in [9.17, 15) is 0 Å². The first kappa shape index (κ1) is 25.3. The molecule has 6 nitrogen and oxygen atoms in total. The second kappa shape index (κ2) is 12.6. The van der Waals surface area contributed by atoms with Crippen molar-refractivity contribution < 1.29 is 0 Å². The SMILES string of the molecule is C.CC(C)Cc1cnnn1CC(C)C.CC(C)Cc1cnnn1CC(C)C. The van der Waals surface area contributed by atoms with E-state index in [0.29, 0.717) is 23.7 Å². The molecule has 0 aliphatic rings. The van der Waals surface area contributed by atoms with Crippen molar-refractivity contribution in [3.8, 4) is 0 Å². The van der Waals surface area contributed by atoms with Gasteiger partial charge in [0.05, 0.1) is 23.8 Å². The van der Waals surface area contributed by atoms with Crippen LogP contribution < -0.4 is 0 Å². The van der Waals surface area contributed by atoms with Crippen molar-refractivity contribution in [3.63, 3.8) is 0 Å². The standard InChI is InChI=1S/2C10H19N3.CH4/c2*1-8(2)5-10-6-11-12-13(10)7-9(3)4;/h2*6,8-9H,5,7H2,1-4H3;1H4. The van der Waals surface area contributed by atoms with E-state index < -0.39 is 0 Å². The third kappa shape index (κ3) is 10.3. The van der Waals surface area contributed by atoms with Gasteiger partial charge in [0.1, 0.15) is 0 Å². The molecule has 0 unspecified atom stereocenters. The van der Waals surface area contributed by atoms with E-state index in [4.69, 9.17) is 0 Å². The molecule has 2 aromatic rings. The number of hydrogen-bond acceptors (Lipinski definition) is 4. The van der Waals surface area contributed by atoms with Gasteiger partial charge in [-0.3, -0.25) is 0 Å². The number of hydrogen-bond donors (Lipinski definition) is 0. The molecule has 0 aliphatic carbocycles. The highest BCUT2D eigenvalue weighted by atomic mass is 15.4. The van der Waals surface area contributed by atoms with Crippen LogP contribution in [-0.4, -0.2) is 30.0 Å². The summed E-state index contributed by atoms with van der Waals surface area (Å²) in [6.45, 7) is 19.6. The topological polar surface area (TPSA) is 61.4 Å². The predicted octanol–water partition coefficient (Wildman–Crippen LogP) is 4.90. The van der Waals surface area contributed by atoms with Crippen LogP contribution in [0, 0.1) is 23.7 Å². The Morgan fingerprint density at radius 3 is 1.22 bits per heavy atom. The lowest BCUT2D eigenvalue weighted by atomic mass is 10.1. The van der Waals surface area contributed by atoms with E-state index in [1.807, 2.05) is 21.8 Å². The van der Waals surface area contributed by atoms with Gasteiger partial charge in [0, 0.05) is 13.1 Å². The van der Waals surface area contributed by atoms with Crippen molar-refractivity contribution in [2.75, 3.05) is 0 Å². The normalized spacial score (nSPS) is 11.1. The number of rotatable bonds is 8. The molecule has 0 atom stereocenters. The van der Waals surface area contributed by atoms with Gasteiger partial charge in [-0.1, -0.05) is 73.2 Å². The third-order valence-corrected chi connectivity index (χ3v) is 3.71. The van der Waals surface area contributed by atoms with E-state index in [1.54, 1.807) is 0 Å². The lowest BCUT2D eigenvalue weighted by molar-refractivity contribution is 0.449. The van der Waals surface area contributed by atoms with Gasteiger partial charge in [0.15, 0.2) is 0 Å². The van der Waals surface area contributed by atoms with Crippen LogP contribution >= 0.6 is 0 Å². The maximum Gasteiger partial charge on any atom is 0.0725 e. The van der Waals surface area contributed by atoms with E-state index in [0.717, 1.165) is 25.9 Å². The fourth-order valence-corrected chi connectivity index (χ4v) is 2.71. The van der Waals surface area contributed by atoms with Crippen LogP contribution in [0.1, 0.15) is 74.2 Å². The summed E-state index contributed by atoms with van der Waals surface area (Å²) >= 11 is 0. The zero-order valence-electron chi connectivity index (χ0n) is 18.0. The van der Waals surface area contributed by atoms with Crippen molar-refractivity contribution in [2.24, 2.45) is 23.7 Å². The Labute approximate surface area is 166 Å². The lowest BCUT2D eigenvalue weighted by Gasteiger charge is -2.09. The average Bonchev–Trinajstić information content (AvgIpc) is 3.08. The van der Waals surface area contributed by atoms with E-state index >= 15 is 0 Å². The Balaban J connectivity index is 0.000000483. The molecule has 0 radical (unpaired) electrons. The Bertz CT molecular complexity index is 506. The van der Waals surface area contributed by atoms with Crippen LogP contribution in [0.15, 0.2) is 12.4 Å². The van der Waals surface area contributed by atoms with Crippen molar-refractivity contribution in [2.45, 2.75) is 88.7 Å². The average molecular weight is 379 g/mol. The summed E-state index contributed by atoms with van der Waals surface area (Å²) in [4.78, 5) is 0. The van der Waals surface area contributed by atoms with Crippen LogP contribution in [0.5, 0.6) is 0 Å². The van der Waals surface area contributed by atoms with Gasteiger partial charge in [-0.15, -0.1) is 10.2 Å². The van der Waals surface area contributed by atoms with Crippen LogP contribution in [-0.2, 0) is 25.9 Å². The quantitative estimate of drug-likeness (QED) is 0.655. The van der Waals surface area contributed by atoms with Gasteiger partial charge >= 0.3 is 0 Å². The highest BCUT2D eigenvalue weighted by Crippen LogP contribution is 2.09. The smallest absolute Gasteiger partial charge is 0.0725 e. The molecule has 0 saturated carbocycles.